The first-order chi connectivity index (χ1) is 14.0. The number of thioether (sulfide) groups is 1. The lowest BCUT2D eigenvalue weighted by molar-refractivity contribution is -0.152. The highest BCUT2D eigenvalue weighted by Gasteiger charge is 2.53. The van der Waals surface area contributed by atoms with Crippen molar-refractivity contribution in [1.29, 1.82) is 0 Å². The molecule has 0 radical (unpaired) electrons. The van der Waals surface area contributed by atoms with E-state index in [1.165, 1.54) is 42.4 Å². The molecule has 8 heteroatoms. The fourth-order valence-electron chi connectivity index (χ4n) is 5.42. The number of carboxylic acid groups (broad SMARTS) is 1. The van der Waals surface area contributed by atoms with Crippen LogP contribution in [0.2, 0.25) is 0 Å². The molecular formula is C21H25NO5S2. The molecule has 1 aromatic rings. The Hall–Kier alpha value is -1.54. The topological polar surface area (TPSA) is 85.6 Å². The summed E-state index contributed by atoms with van der Waals surface area (Å²) in [6.45, 7) is 0.664. The Morgan fingerprint density at radius 2 is 1.86 bits per heavy atom. The highest BCUT2D eigenvalue weighted by molar-refractivity contribution is 8.00. The molecule has 3 heterocycles. The Balaban J connectivity index is 1.61. The van der Waals surface area contributed by atoms with Crippen LogP contribution in [0.5, 0.6) is 0 Å². The predicted molar refractivity (Wildman–Crippen MR) is 110 cm³/mol. The third kappa shape index (κ3) is 3.28. The van der Waals surface area contributed by atoms with Gasteiger partial charge < -0.3 is 9.84 Å². The van der Waals surface area contributed by atoms with Crippen molar-refractivity contribution in [3.05, 3.63) is 25.9 Å². The number of ether oxygens (including phenoxy) is 1. The molecule has 1 fully saturated rings. The summed E-state index contributed by atoms with van der Waals surface area (Å²) in [4.78, 5) is 38.7. The lowest BCUT2D eigenvalue weighted by atomic mass is 9.75. The molecular weight excluding hydrogens is 410 g/mol. The molecule has 0 bridgehead atoms. The highest BCUT2D eigenvalue weighted by Crippen LogP contribution is 2.55. The van der Waals surface area contributed by atoms with Gasteiger partial charge >= 0.3 is 16.8 Å². The number of carboxylic acids is 1. The van der Waals surface area contributed by atoms with Gasteiger partial charge in [0.2, 0.25) is 0 Å². The zero-order valence-corrected chi connectivity index (χ0v) is 17.9. The van der Waals surface area contributed by atoms with Gasteiger partial charge in [-0.25, -0.2) is 0 Å². The van der Waals surface area contributed by atoms with E-state index in [0.29, 0.717) is 12.5 Å². The fraction of sp³-hybridized carbons (Fsp3) is 0.667. The van der Waals surface area contributed by atoms with Gasteiger partial charge in [0.1, 0.15) is 11.0 Å². The number of esters is 1. The van der Waals surface area contributed by atoms with Gasteiger partial charge in [0.25, 0.3) is 0 Å². The smallest absolute Gasteiger partial charge is 0.317 e. The number of aliphatic carboxylic acids is 1. The summed E-state index contributed by atoms with van der Waals surface area (Å²) >= 11 is 2.39. The summed E-state index contributed by atoms with van der Waals surface area (Å²) in [6.07, 6.45) is 9.43. The standard InChI is InChI=1S/C21H25NO5S2/c23-19(24)17-15-14(12-8-4-5-9-13(12)27-20(15)25)16-18(28-17)22(21(26)29-16)10-11-6-2-1-3-7-11/h11,14-15,17H,1-10H2,(H,23,24). The third-order valence-corrected chi connectivity index (χ3v) is 9.42. The number of hydrogen-bond donors (Lipinski definition) is 1. The second kappa shape index (κ2) is 7.61. The SMILES string of the molecule is O=C(O)C1Sc2c(sc(=O)n2CC2CCCCC2)C2C3=C(CCCC3)OC(=O)C12. The average Bonchev–Trinajstić information content (AvgIpc) is 3.03. The lowest BCUT2D eigenvalue weighted by Gasteiger charge is -2.40. The molecule has 2 aliphatic heterocycles. The number of fused-ring (bicyclic) bond motifs is 4. The van der Waals surface area contributed by atoms with Gasteiger partial charge in [0.05, 0.1) is 10.9 Å². The number of hydrogen-bond acceptors (Lipinski definition) is 6. The first kappa shape index (κ1) is 19.4. The minimum Gasteiger partial charge on any atom is -0.480 e. The van der Waals surface area contributed by atoms with Crippen molar-refractivity contribution in [3.8, 4) is 0 Å². The average molecular weight is 436 g/mol. The van der Waals surface area contributed by atoms with Crippen LogP contribution in [0.15, 0.2) is 21.2 Å². The minimum absolute atomic E-state index is 0.0187. The molecule has 1 N–H and O–H groups in total. The molecule has 3 atom stereocenters. The molecule has 6 nitrogen and oxygen atoms in total. The number of aromatic nitrogens is 1. The van der Waals surface area contributed by atoms with E-state index in [4.69, 9.17) is 4.74 Å². The summed E-state index contributed by atoms with van der Waals surface area (Å²) in [5.74, 6) is -1.31. The van der Waals surface area contributed by atoms with Crippen molar-refractivity contribution in [3.63, 3.8) is 0 Å². The molecule has 0 saturated heterocycles. The number of carbonyl (C=O) groups is 2. The van der Waals surface area contributed by atoms with Crippen molar-refractivity contribution < 1.29 is 19.4 Å². The molecule has 29 heavy (non-hydrogen) atoms. The molecule has 3 unspecified atom stereocenters. The first-order valence-corrected chi connectivity index (χ1v) is 12.3. The van der Waals surface area contributed by atoms with Crippen molar-refractivity contribution >= 4 is 35.0 Å². The second-order valence-electron chi connectivity index (χ2n) is 8.61. The quantitative estimate of drug-likeness (QED) is 0.719. The normalized spacial score (nSPS) is 29.7. The molecule has 1 aromatic heterocycles. The van der Waals surface area contributed by atoms with Crippen molar-refractivity contribution in [2.24, 2.45) is 11.8 Å². The van der Waals surface area contributed by atoms with Crippen LogP contribution in [0.1, 0.15) is 68.6 Å². The van der Waals surface area contributed by atoms with Gasteiger partial charge in [-0.05, 0) is 43.6 Å². The maximum atomic E-state index is 13.0. The number of rotatable bonds is 3. The summed E-state index contributed by atoms with van der Waals surface area (Å²) in [5.41, 5.74) is 1.06. The lowest BCUT2D eigenvalue weighted by Crippen LogP contribution is -2.44. The number of carbonyl (C=O) groups excluding carboxylic acids is 1. The predicted octanol–water partition coefficient (Wildman–Crippen LogP) is 4.13. The zero-order chi connectivity index (χ0) is 20.1. The molecule has 4 aliphatic rings. The van der Waals surface area contributed by atoms with E-state index < -0.39 is 23.1 Å². The van der Waals surface area contributed by atoms with E-state index in [1.807, 2.05) is 4.57 Å². The third-order valence-electron chi connectivity index (χ3n) is 6.82. The Morgan fingerprint density at radius 1 is 1.10 bits per heavy atom. The largest absolute Gasteiger partial charge is 0.480 e. The summed E-state index contributed by atoms with van der Waals surface area (Å²) in [6, 6.07) is 0. The van der Waals surface area contributed by atoms with Gasteiger partial charge in [0.15, 0.2) is 0 Å². The number of nitrogens with zero attached hydrogens (tertiary/aromatic N) is 1. The van der Waals surface area contributed by atoms with Gasteiger partial charge in [-0.15, -0.1) is 0 Å². The molecule has 0 spiro atoms. The Labute approximate surface area is 177 Å². The van der Waals surface area contributed by atoms with Gasteiger partial charge in [-0.3, -0.25) is 19.0 Å². The zero-order valence-electron chi connectivity index (χ0n) is 16.2. The summed E-state index contributed by atoms with van der Waals surface area (Å²) in [5, 5.41) is 9.78. The molecule has 2 aliphatic carbocycles. The highest BCUT2D eigenvalue weighted by atomic mass is 32.2. The van der Waals surface area contributed by atoms with Gasteiger partial charge in [0, 0.05) is 23.8 Å². The maximum absolute atomic E-state index is 13.0. The van der Waals surface area contributed by atoms with Crippen molar-refractivity contribution in [2.75, 3.05) is 0 Å². The Morgan fingerprint density at radius 3 is 2.62 bits per heavy atom. The molecule has 0 aromatic carbocycles. The van der Waals surface area contributed by atoms with Crippen molar-refractivity contribution in [2.45, 2.75) is 80.5 Å². The van der Waals surface area contributed by atoms with E-state index >= 15 is 0 Å². The van der Waals surface area contributed by atoms with Crippen LogP contribution in [-0.2, 0) is 20.9 Å². The van der Waals surface area contributed by atoms with Crippen LogP contribution in [0.4, 0.5) is 0 Å². The molecule has 5 rings (SSSR count). The fourth-order valence-corrected chi connectivity index (χ4v) is 8.11. The first-order valence-electron chi connectivity index (χ1n) is 10.6. The van der Waals surface area contributed by atoms with Crippen LogP contribution in [0, 0.1) is 11.8 Å². The Kier molecular flexibility index (Phi) is 5.10. The van der Waals surface area contributed by atoms with E-state index in [0.717, 1.165) is 59.8 Å². The van der Waals surface area contributed by atoms with Gasteiger partial charge in [-0.1, -0.05) is 42.4 Å². The molecule has 156 valence electrons. The van der Waals surface area contributed by atoms with E-state index in [-0.39, 0.29) is 10.8 Å². The number of allylic oxidation sites excluding steroid dienone is 2. The molecule has 1 saturated carbocycles. The maximum Gasteiger partial charge on any atom is 0.317 e. The van der Waals surface area contributed by atoms with E-state index in [2.05, 4.69) is 0 Å². The second-order valence-corrected chi connectivity index (χ2v) is 10.7. The molecule has 0 amide bonds. The minimum atomic E-state index is -1.00. The van der Waals surface area contributed by atoms with Crippen LogP contribution in [0.25, 0.3) is 0 Å². The van der Waals surface area contributed by atoms with E-state index in [1.54, 1.807) is 0 Å². The Bertz CT molecular complexity index is 939. The van der Waals surface area contributed by atoms with E-state index in [9.17, 15) is 19.5 Å². The van der Waals surface area contributed by atoms with Crippen molar-refractivity contribution in [1.82, 2.24) is 4.57 Å². The summed E-state index contributed by atoms with van der Waals surface area (Å²) < 4.78 is 7.41. The van der Waals surface area contributed by atoms with Crippen LogP contribution in [0.3, 0.4) is 0 Å². The van der Waals surface area contributed by atoms with Gasteiger partial charge in [-0.2, -0.15) is 0 Å². The monoisotopic (exact) mass is 435 g/mol. The van der Waals surface area contributed by atoms with Crippen LogP contribution < -0.4 is 4.87 Å². The van der Waals surface area contributed by atoms with Crippen LogP contribution in [-0.4, -0.2) is 26.9 Å². The van der Waals surface area contributed by atoms with Crippen LogP contribution >= 0.6 is 23.1 Å². The summed E-state index contributed by atoms with van der Waals surface area (Å²) in [7, 11) is 0. The number of thiazole rings is 1.